The Kier molecular flexibility index (Phi) is 5.62. The molecule has 178 valence electrons. The zero-order valence-corrected chi connectivity index (χ0v) is 18.9. The van der Waals surface area contributed by atoms with E-state index in [1.54, 1.807) is 18.2 Å². The molecule has 3 aromatic rings. The fourth-order valence-electron chi connectivity index (χ4n) is 4.47. The van der Waals surface area contributed by atoms with Gasteiger partial charge in [0.05, 0.1) is 23.4 Å². The number of methoxy groups -OCH3 is 1. The van der Waals surface area contributed by atoms with E-state index >= 15 is 4.39 Å². The highest BCUT2D eigenvalue weighted by molar-refractivity contribution is 6.31. The van der Waals surface area contributed by atoms with Crippen LogP contribution in [0, 0.1) is 21.8 Å². The molecule has 2 saturated heterocycles. The lowest BCUT2D eigenvalue weighted by Gasteiger charge is -2.29. The van der Waals surface area contributed by atoms with Crippen LogP contribution < -0.4 is 14.7 Å². The molecule has 0 radical (unpaired) electrons. The molecule has 0 saturated carbocycles. The second-order valence-electron chi connectivity index (χ2n) is 7.95. The van der Waals surface area contributed by atoms with Crippen LogP contribution in [-0.2, 0) is 14.4 Å². The lowest BCUT2D eigenvalue weighted by Crippen LogP contribution is -2.37. The van der Waals surface area contributed by atoms with Gasteiger partial charge in [0.2, 0.25) is 5.91 Å². The first-order chi connectivity index (χ1) is 16.8. The number of nitro groups is 1. The fourth-order valence-corrected chi connectivity index (χ4v) is 4.75. The summed E-state index contributed by atoms with van der Waals surface area (Å²) in [6, 6.07) is 14.7. The van der Waals surface area contributed by atoms with Crippen molar-refractivity contribution in [3.8, 4) is 5.75 Å². The number of fused-ring (bicyclic) bond motifs is 1. The summed E-state index contributed by atoms with van der Waals surface area (Å²) in [7, 11) is 1.46. The van der Waals surface area contributed by atoms with E-state index in [4.69, 9.17) is 21.2 Å². The Bertz CT molecular complexity index is 1350. The van der Waals surface area contributed by atoms with Crippen molar-refractivity contribution < 1.29 is 28.5 Å². The second kappa shape index (κ2) is 8.64. The molecule has 0 spiro atoms. The van der Waals surface area contributed by atoms with Crippen molar-refractivity contribution >= 4 is 40.5 Å². The van der Waals surface area contributed by atoms with Crippen molar-refractivity contribution in [1.29, 1.82) is 0 Å². The Balaban J connectivity index is 1.63. The topological polar surface area (TPSA) is 102 Å². The van der Waals surface area contributed by atoms with Gasteiger partial charge in [0.15, 0.2) is 6.10 Å². The van der Waals surface area contributed by atoms with Gasteiger partial charge in [0.25, 0.3) is 11.6 Å². The number of rotatable bonds is 5. The van der Waals surface area contributed by atoms with Gasteiger partial charge >= 0.3 is 0 Å². The van der Waals surface area contributed by atoms with E-state index in [2.05, 4.69) is 0 Å². The molecule has 0 bridgehead atoms. The number of imide groups is 1. The molecule has 2 aliphatic rings. The lowest BCUT2D eigenvalue weighted by molar-refractivity contribution is -0.384. The van der Waals surface area contributed by atoms with Crippen LogP contribution in [0.4, 0.5) is 21.5 Å². The molecule has 0 aromatic heterocycles. The molecule has 9 nitrogen and oxygen atoms in total. The molecule has 3 atom stereocenters. The highest BCUT2D eigenvalue weighted by atomic mass is 35.5. The number of carbonyl (C=O) groups is 2. The van der Waals surface area contributed by atoms with Crippen molar-refractivity contribution in [2.24, 2.45) is 5.92 Å². The van der Waals surface area contributed by atoms with Gasteiger partial charge in [-0.15, -0.1) is 0 Å². The predicted molar refractivity (Wildman–Crippen MR) is 124 cm³/mol. The number of anilines is 2. The van der Waals surface area contributed by atoms with Gasteiger partial charge in [0.1, 0.15) is 23.5 Å². The summed E-state index contributed by atoms with van der Waals surface area (Å²) in [5.41, 5.74) is 0.156. The minimum absolute atomic E-state index is 0.0229. The number of hydrogen-bond donors (Lipinski definition) is 0. The third kappa shape index (κ3) is 3.67. The summed E-state index contributed by atoms with van der Waals surface area (Å²) in [5, 5.41) is 12.5. The number of nitro benzene ring substituents is 1. The third-order valence-corrected chi connectivity index (χ3v) is 6.35. The van der Waals surface area contributed by atoms with Crippen LogP contribution in [0.1, 0.15) is 11.6 Å². The first kappa shape index (κ1) is 22.8. The Morgan fingerprint density at radius 2 is 1.74 bits per heavy atom. The number of nitrogens with zero attached hydrogens (tertiary/aromatic N) is 3. The zero-order chi connectivity index (χ0) is 24.9. The van der Waals surface area contributed by atoms with E-state index in [-0.39, 0.29) is 27.6 Å². The number of ether oxygens (including phenoxy) is 1. The van der Waals surface area contributed by atoms with Crippen LogP contribution in [0.15, 0.2) is 66.7 Å². The summed E-state index contributed by atoms with van der Waals surface area (Å²) in [5.74, 6) is -2.71. The molecular weight excluding hydrogens is 481 g/mol. The molecule has 0 N–H and O–H groups in total. The summed E-state index contributed by atoms with van der Waals surface area (Å²) < 4.78 is 20.3. The average molecular weight is 498 g/mol. The van der Waals surface area contributed by atoms with E-state index in [1.807, 2.05) is 0 Å². The van der Waals surface area contributed by atoms with Crippen LogP contribution in [0.2, 0.25) is 5.02 Å². The summed E-state index contributed by atoms with van der Waals surface area (Å²) in [6.45, 7) is 0. The van der Waals surface area contributed by atoms with E-state index in [0.29, 0.717) is 5.75 Å². The second-order valence-corrected chi connectivity index (χ2v) is 8.36. The molecule has 0 aliphatic carbocycles. The standard InChI is InChI=1S/C24H17ClFN3O6/c1-34-16-8-3-5-13(12-16)27-23(30)20-21(19-17(25)9-4-10-18(19)26)28(35-22(20)24(27)31)14-6-2-7-15(11-14)29(32)33/h2-12,20-22H,1H3/t20-,21+,22-/m1/s1. The smallest absolute Gasteiger partial charge is 0.271 e. The predicted octanol–water partition coefficient (Wildman–Crippen LogP) is 4.45. The maximum Gasteiger partial charge on any atom is 0.271 e. The molecule has 2 fully saturated rings. The largest absolute Gasteiger partial charge is 0.497 e. The number of carbonyl (C=O) groups excluding carboxylic acids is 2. The summed E-state index contributed by atoms with van der Waals surface area (Å²) in [6.07, 6.45) is -1.30. The quantitative estimate of drug-likeness (QED) is 0.291. The Morgan fingerprint density at radius 3 is 2.46 bits per heavy atom. The third-order valence-electron chi connectivity index (χ3n) is 6.02. The maximum absolute atomic E-state index is 15.1. The van der Waals surface area contributed by atoms with Gasteiger partial charge < -0.3 is 4.74 Å². The van der Waals surface area contributed by atoms with Crippen LogP contribution in [0.5, 0.6) is 5.75 Å². The first-order valence-electron chi connectivity index (χ1n) is 10.5. The van der Waals surface area contributed by atoms with Gasteiger partial charge in [-0.05, 0) is 30.3 Å². The van der Waals surface area contributed by atoms with Gasteiger partial charge in [-0.3, -0.25) is 24.5 Å². The van der Waals surface area contributed by atoms with Crippen molar-refractivity contribution in [3.05, 3.63) is 93.2 Å². The molecule has 2 heterocycles. The van der Waals surface area contributed by atoms with Gasteiger partial charge in [0, 0.05) is 28.8 Å². The fraction of sp³-hybridized carbons (Fsp3) is 0.167. The van der Waals surface area contributed by atoms with E-state index in [9.17, 15) is 19.7 Å². The number of hydrogen-bond acceptors (Lipinski definition) is 7. The Morgan fingerprint density at radius 1 is 1.03 bits per heavy atom. The minimum Gasteiger partial charge on any atom is -0.497 e. The van der Waals surface area contributed by atoms with Crippen molar-refractivity contribution in [1.82, 2.24) is 0 Å². The lowest BCUT2D eigenvalue weighted by atomic mass is 9.90. The zero-order valence-electron chi connectivity index (χ0n) is 18.1. The monoisotopic (exact) mass is 497 g/mol. The number of halogens is 2. The number of amides is 2. The van der Waals surface area contributed by atoms with Gasteiger partial charge in [-0.1, -0.05) is 29.8 Å². The molecule has 5 rings (SSSR count). The Hall–Kier alpha value is -4.02. The van der Waals surface area contributed by atoms with Gasteiger partial charge in [-0.25, -0.2) is 14.4 Å². The summed E-state index contributed by atoms with van der Waals surface area (Å²) in [4.78, 5) is 44.6. The van der Waals surface area contributed by atoms with Gasteiger partial charge in [-0.2, -0.15) is 0 Å². The molecule has 35 heavy (non-hydrogen) atoms. The SMILES string of the molecule is COc1cccc(N2C(=O)[C@H]3[C@@H](ON(c4cccc([N+](=O)[O-])c4)[C@H]3c3c(F)cccc3Cl)C2=O)c1. The van der Waals surface area contributed by atoms with E-state index in [0.717, 1.165) is 9.96 Å². The number of benzene rings is 3. The number of non-ortho nitro benzene ring substituents is 1. The van der Waals surface area contributed by atoms with Crippen molar-refractivity contribution in [2.75, 3.05) is 17.1 Å². The number of hydroxylamine groups is 1. The highest BCUT2D eigenvalue weighted by Gasteiger charge is 2.61. The molecule has 11 heteroatoms. The molecule has 2 amide bonds. The Labute approximate surface area is 203 Å². The van der Waals surface area contributed by atoms with E-state index < -0.39 is 40.6 Å². The molecular formula is C24H17ClFN3O6. The van der Waals surface area contributed by atoms with Crippen LogP contribution in [-0.4, -0.2) is 30.0 Å². The van der Waals surface area contributed by atoms with E-state index in [1.165, 1.54) is 55.6 Å². The van der Waals surface area contributed by atoms with Crippen LogP contribution in [0.3, 0.4) is 0 Å². The maximum atomic E-state index is 15.1. The highest BCUT2D eigenvalue weighted by Crippen LogP contribution is 2.50. The van der Waals surface area contributed by atoms with Crippen LogP contribution >= 0.6 is 11.6 Å². The molecule has 0 unspecified atom stereocenters. The van der Waals surface area contributed by atoms with Crippen molar-refractivity contribution in [2.45, 2.75) is 12.1 Å². The molecule has 2 aliphatic heterocycles. The first-order valence-corrected chi connectivity index (χ1v) is 10.9. The normalized spacial score (nSPS) is 21.4. The average Bonchev–Trinajstić information content (AvgIpc) is 3.35. The summed E-state index contributed by atoms with van der Waals surface area (Å²) >= 11 is 6.35. The van der Waals surface area contributed by atoms with Crippen LogP contribution in [0.25, 0.3) is 0 Å². The minimum atomic E-state index is -1.30. The molecule has 3 aromatic carbocycles. The van der Waals surface area contributed by atoms with Crippen molar-refractivity contribution in [3.63, 3.8) is 0 Å².